The molecular formula is C28H8N6. The fourth-order valence-corrected chi connectivity index (χ4v) is 4.70. The zero-order chi connectivity index (χ0) is 24.0. The first kappa shape index (κ1) is 20.0. The maximum absolute atomic E-state index is 10.1. The summed E-state index contributed by atoms with van der Waals surface area (Å²) in [5, 5.41) is 63.9. The van der Waals surface area contributed by atoms with Crippen LogP contribution in [0.1, 0.15) is 33.4 Å². The van der Waals surface area contributed by atoms with Crippen molar-refractivity contribution in [2.24, 2.45) is 0 Å². The average molecular weight is 428 g/mol. The molecule has 0 radical (unpaired) electrons. The predicted octanol–water partition coefficient (Wildman–Crippen LogP) is 5.53. The van der Waals surface area contributed by atoms with E-state index in [0.717, 1.165) is 10.8 Å². The molecule has 5 aromatic rings. The summed E-state index contributed by atoms with van der Waals surface area (Å²) in [6.07, 6.45) is 0. The molecule has 0 saturated carbocycles. The number of nitrogens with zero attached hydrogens (tertiary/aromatic N) is 6. The minimum absolute atomic E-state index is 0.000768. The molecule has 5 rings (SSSR count). The first-order valence-electron chi connectivity index (χ1n) is 9.98. The van der Waals surface area contributed by atoms with Gasteiger partial charge in [-0.3, -0.25) is 0 Å². The number of benzene rings is 5. The van der Waals surface area contributed by atoms with Gasteiger partial charge in [-0.1, -0.05) is 36.4 Å². The molecule has 0 fully saturated rings. The number of hydrogen-bond acceptors (Lipinski definition) is 6. The summed E-state index contributed by atoms with van der Waals surface area (Å²) >= 11 is 0. The average Bonchev–Trinajstić information content (AvgIpc) is 2.89. The Morgan fingerprint density at radius 2 is 0.971 bits per heavy atom. The second-order valence-electron chi connectivity index (χ2n) is 7.57. The molecule has 0 N–H and O–H groups in total. The first-order valence-corrected chi connectivity index (χ1v) is 9.98. The lowest BCUT2D eigenvalue weighted by molar-refractivity contribution is 1.40. The Bertz CT molecular complexity index is 2020. The Kier molecular flexibility index (Phi) is 4.32. The molecule has 0 bridgehead atoms. The van der Waals surface area contributed by atoms with Crippen LogP contribution in [0, 0.1) is 68.0 Å². The van der Waals surface area contributed by atoms with Crippen molar-refractivity contribution in [3.8, 4) is 36.4 Å². The lowest BCUT2D eigenvalue weighted by Gasteiger charge is -2.17. The summed E-state index contributed by atoms with van der Waals surface area (Å²) in [7, 11) is 0. The number of fused-ring (bicyclic) bond motifs is 8. The van der Waals surface area contributed by atoms with Gasteiger partial charge in [0.15, 0.2) is 0 Å². The van der Waals surface area contributed by atoms with Crippen LogP contribution < -0.4 is 0 Å². The third kappa shape index (κ3) is 2.43. The highest BCUT2D eigenvalue weighted by Gasteiger charge is 2.25. The SMILES string of the molecule is N#Cc1cc2c(cc1C#N)c1c(C#N)c(C#N)c(C#N)c(C#N)c1c1c3ccccc3ccc21. The lowest BCUT2D eigenvalue weighted by atomic mass is 9.82. The van der Waals surface area contributed by atoms with Crippen LogP contribution in [0.25, 0.3) is 43.1 Å². The van der Waals surface area contributed by atoms with Crippen molar-refractivity contribution in [1.82, 2.24) is 0 Å². The van der Waals surface area contributed by atoms with Gasteiger partial charge in [0.2, 0.25) is 0 Å². The van der Waals surface area contributed by atoms with Crippen molar-refractivity contribution in [1.29, 1.82) is 31.6 Å². The Labute approximate surface area is 193 Å². The molecule has 6 heteroatoms. The van der Waals surface area contributed by atoms with E-state index in [1.54, 1.807) is 6.07 Å². The van der Waals surface area contributed by atoms with E-state index in [1.807, 2.05) is 60.7 Å². The van der Waals surface area contributed by atoms with Crippen molar-refractivity contribution in [3.05, 3.63) is 81.9 Å². The molecular weight excluding hydrogens is 420 g/mol. The minimum atomic E-state index is -0.183. The smallest absolute Gasteiger partial charge is 0.102 e. The van der Waals surface area contributed by atoms with Crippen molar-refractivity contribution in [3.63, 3.8) is 0 Å². The summed E-state index contributed by atoms with van der Waals surface area (Å²) in [6, 6.07) is 26.5. The van der Waals surface area contributed by atoms with E-state index >= 15 is 0 Å². The quantitative estimate of drug-likeness (QED) is 0.297. The highest BCUT2D eigenvalue weighted by molar-refractivity contribution is 6.34. The Morgan fingerprint density at radius 1 is 0.412 bits per heavy atom. The predicted molar refractivity (Wildman–Crippen MR) is 125 cm³/mol. The van der Waals surface area contributed by atoms with Gasteiger partial charge in [0.1, 0.15) is 36.4 Å². The van der Waals surface area contributed by atoms with Crippen molar-refractivity contribution in [2.45, 2.75) is 0 Å². The molecule has 0 atom stereocenters. The Hall–Kier alpha value is -5.92. The van der Waals surface area contributed by atoms with Crippen LogP contribution in [0.3, 0.4) is 0 Å². The molecule has 0 aliphatic rings. The van der Waals surface area contributed by atoms with Gasteiger partial charge in [-0.15, -0.1) is 0 Å². The van der Waals surface area contributed by atoms with Gasteiger partial charge >= 0.3 is 0 Å². The summed E-state index contributed by atoms with van der Waals surface area (Å²) in [5.74, 6) is 0. The Morgan fingerprint density at radius 3 is 1.56 bits per heavy atom. The van der Waals surface area contributed by atoms with Gasteiger partial charge in [-0.2, -0.15) is 31.6 Å². The topological polar surface area (TPSA) is 143 Å². The van der Waals surface area contributed by atoms with E-state index in [9.17, 15) is 31.6 Å². The number of nitriles is 6. The van der Waals surface area contributed by atoms with Gasteiger partial charge in [-0.25, -0.2) is 0 Å². The molecule has 150 valence electrons. The van der Waals surface area contributed by atoms with Gasteiger partial charge < -0.3 is 0 Å². The normalized spacial score (nSPS) is 10.2. The third-order valence-electron chi connectivity index (χ3n) is 6.08. The van der Waals surface area contributed by atoms with Crippen LogP contribution in [0.15, 0.2) is 48.5 Å². The maximum Gasteiger partial charge on any atom is 0.102 e. The molecule has 5 aromatic carbocycles. The van der Waals surface area contributed by atoms with Gasteiger partial charge in [0.05, 0.1) is 33.4 Å². The summed E-state index contributed by atoms with van der Waals surface area (Å²) in [5.41, 5.74) is -0.0890. The van der Waals surface area contributed by atoms with Crippen molar-refractivity contribution in [2.75, 3.05) is 0 Å². The van der Waals surface area contributed by atoms with Crippen molar-refractivity contribution >= 4 is 43.1 Å². The van der Waals surface area contributed by atoms with Crippen LogP contribution in [-0.4, -0.2) is 0 Å². The minimum Gasteiger partial charge on any atom is -0.192 e. The highest BCUT2D eigenvalue weighted by Crippen LogP contribution is 2.44. The molecule has 0 amide bonds. The van der Waals surface area contributed by atoms with E-state index in [0.29, 0.717) is 32.3 Å². The van der Waals surface area contributed by atoms with Gasteiger partial charge in [0.25, 0.3) is 0 Å². The zero-order valence-electron chi connectivity index (χ0n) is 17.3. The van der Waals surface area contributed by atoms with E-state index in [4.69, 9.17) is 0 Å². The first-order chi connectivity index (χ1) is 16.6. The highest BCUT2D eigenvalue weighted by atomic mass is 14.4. The summed E-state index contributed by atoms with van der Waals surface area (Å²) in [4.78, 5) is 0. The Balaban J connectivity index is 2.34. The maximum atomic E-state index is 10.1. The number of hydrogen-bond donors (Lipinski definition) is 0. The van der Waals surface area contributed by atoms with E-state index < -0.39 is 0 Å². The molecule has 6 nitrogen and oxygen atoms in total. The second-order valence-corrected chi connectivity index (χ2v) is 7.57. The van der Waals surface area contributed by atoms with Crippen LogP contribution in [0.2, 0.25) is 0 Å². The monoisotopic (exact) mass is 428 g/mol. The molecule has 34 heavy (non-hydrogen) atoms. The number of rotatable bonds is 0. The standard InChI is InChI=1S/C28H8N6/c29-9-16-7-20-19-6-5-15-3-1-2-4-18(15)26(19)28-25(14-34)23(12-32)22(11-31)24(13-33)27(28)21(20)8-17(16)10-30/h1-8H. The summed E-state index contributed by atoms with van der Waals surface area (Å²) < 4.78 is 0. The fourth-order valence-electron chi connectivity index (χ4n) is 4.70. The molecule has 0 saturated heterocycles. The lowest BCUT2D eigenvalue weighted by Crippen LogP contribution is -2.00. The van der Waals surface area contributed by atoms with Crippen LogP contribution in [0.5, 0.6) is 0 Å². The third-order valence-corrected chi connectivity index (χ3v) is 6.08. The van der Waals surface area contributed by atoms with E-state index in [1.165, 1.54) is 6.07 Å². The largest absolute Gasteiger partial charge is 0.192 e. The molecule has 0 heterocycles. The van der Waals surface area contributed by atoms with Crippen LogP contribution >= 0.6 is 0 Å². The second kappa shape index (κ2) is 7.34. The van der Waals surface area contributed by atoms with E-state index in [-0.39, 0.29) is 33.4 Å². The van der Waals surface area contributed by atoms with Gasteiger partial charge in [0, 0.05) is 10.8 Å². The summed E-state index contributed by atoms with van der Waals surface area (Å²) in [6.45, 7) is 0. The molecule has 0 aliphatic carbocycles. The van der Waals surface area contributed by atoms with Crippen LogP contribution in [-0.2, 0) is 0 Å². The molecule has 0 aliphatic heterocycles. The van der Waals surface area contributed by atoms with Crippen LogP contribution in [0.4, 0.5) is 0 Å². The van der Waals surface area contributed by atoms with E-state index in [2.05, 4.69) is 12.1 Å². The molecule has 0 unspecified atom stereocenters. The van der Waals surface area contributed by atoms with Gasteiger partial charge in [-0.05, 0) is 44.5 Å². The molecule has 0 aromatic heterocycles. The van der Waals surface area contributed by atoms with Crippen molar-refractivity contribution < 1.29 is 0 Å². The molecule has 0 spiro atoms. The fraction of sp³-hybridized carbons (Fsp3) is 0. The zero-order valence-corrected chi connectivity index (χ0v) is 17.3.